The summed E-state index contributed by atoms with van der Waals surface area (Å²) in [7, 11) is 0. The van der Waals surface area contributed by atoms with Gasteiger partial charge in [0.15, 0.2) is 0 Å². The van der Waals surface area contributed by atoms with Crippen molar-refractivity contribution in [2.75, 3.05) is 6.61 Å². The van der Waals surface area contributed by atoms with Crippen LogP contribution in [0.15, 0.2) is 18.2 Å². The third-order valence-electron chi connectivity index (χ3n) is 3.04. The van der Waals surface area contributed by atoms with Gasteiger partial charge in [-0.2, -0.15) is 0 Å². The van der Waals surface area contributed by atoms with Gasteiger partial charge in [0.05, 0.1) is 6.61 Å². The van der Waals surface area contributed by atoms with Crippen LogP contribution in [0.5, 0.6) is 5.75 Å². The van der Waals surface area contributed by atoms with Gasteiger partial charge < -0.3 is 4.74 Å². The van der Waals surface area contributed by atoms with Gasteiger partial charge in [0, 0.05) is 12.0 Å². The number of aryl methyl sites for hydroxylation is 1. The van der Waals surface area contributed by atoms with Crippen LogP contribution in [-0.2, 0) is 12.8 Å². The van der Waals surface area contributed by atoms with E-state index >= 15 is 0 Å². The van der Waals surface area contributed by atoms with Gasteiger partial charge in [-0.05, 0) is 24.5 Å². The molecule has 81 valence electrons. The number of hydrogen-bond acceptors (Lipinski definition) is 1. The maximum atomic E-state index is 5.56. The van der Waals surface area contributed by atoms with Crippen LogP contribution in [0.4, 0.5) is 0 Å². The first-order valence-electron chi connectivity index (χ1n) is 5.94. The lowest BCUT2D eigenvalue weighted by molar-refractivity contribution is 0.357. The first-order valence-corrected chi connectivity index (χ1v) is 5.94. The van der Waals surface area contributed by atoms with E-state index in [0.717, 1.165) is 25.2 Å². The second-order valence-corrected chi connectivity index (χ2v) is 4.16. The minimum Gasteiger partial charge on any atom is -0.493 e. The van der Waals surface area contributed by atoms with Crippen LogP contribution >= 0.6 is 0 Å². The third-order valence-corrected chi connectivity index (χ3v) is 3.04. The molecule has 1 aromatic carbocycles. The molecule has 2 rings (SSSR count). The van der Waals surface area contributed by atoms with Gasteiger partial charge in [0.1, 0.15) is 5.75 Å². The molecule has 1 radical (unpaired) electrons. The Morgan fingerprint density at radius 2 is 2.13 bits per heavy atom. The number of benzene rings is 1. The molecule has 1 aliphatic heterocycles. The number of rotatable bonds is 5. The van der Waals surface area contributed by atoms with Crippen molar-refractivity contribution < 1.29 is 4.74 Å². The minimum atomic E-state index is 0.866. The zero-order valence-electron chi connectivity index (χ0n) is 9.30. The predicted molar refractivity (Wildman–Crippen MR) is 63.2 cm³/mol. The van der Waals surface area contributed by atoms with Crippen molar-refractivity contribution in [1.82, 2.24) is 0 Å². The number of ether oxygens (including phenoxy) is 1. The third kappa shape index (κ3) is 2.53. The van der Waals surface area contributed by atoms with Crippen molar-refractivity contribution >= 4 is 0 Å². The Balaban J connectivity index is 1.94. The van der Waals surface area contributed by atoms with Crippen LogP contribution < -0.4 is 4.74 Å². The zero-order valence-corrected chi connectivity index (χ0v) is 9.30. The Bertz CT molecular complexity index is 317. The van der Waals surface area contributed by atoms with E-state index in [9.17, 15) is 0 Å². The number of hydrogen-bond donors (Lipinski definition) is 0. The fraction of sp³-hybridized carbons (Fsp3) is 0.500. The van der Waals surface area contributed by atoms with E-state index in [-0.39, 0.29) is 0 Å². The number of fused-ring (bicyclic) bond motifs is 1. The van der Waals surface area contributed by atoms with Crippen LogP contribution in [0.3, 0.4) is 0 Å². The molecule has 0 amide bonds. The molecule has 0 N–H and O–H groups in total. The molecule has 1 nitrogen and oxygen atoms in total. The normalized spacial score (nSPS) is 13.7. The van der Waals surface area contributed by atoms with Crippen LogP contribution in [-0.4, -0.2) is 6.61 Å². The van der Waals surface area contributed by atoms with E-state index in [1.165, 1.54) is 36.8 Å². The second-order valence-electron chi connectivity index (χ2n) is 4.16. The van der Waals surface area contributed by atoms with Crippen molar-refractivity contribution in [1.29, 1.82) is 0 Å². The predicted octanol–water partition coefficient (Wildman–Crippen LogP) is 3.56. The Labute approximate surface area is 92.5 Å². The Hall–Kier alpha value is -0.980. The van der Waals surface area contributed by atoms with E-state index in [0.29, 0.717) is 0 Å². The highest BCUT2D eigenvalue weighted by atomic mass is 16.5. The van der Waals surface area contributed by atoms with Gasteiger partial charge in [-0.15, -0.1) is 0 Å². The molecule has 1 aromatic rings. The highest BCUT2D eigenvalue weighted by Gasteiger charge is 2.14. The van der Waals surface area contributed by atoms with Gasteiger partial charge >= 0.3 is 0 Å². The molecule has 1 heterocycles. The highest BCUT2D eigenvalue weighted by molar-refractivity contribution is 5.42. The molecule has 1 aliphatic rings. The molecule has 0 saturated heterocycles. The largest absolute Gasteiger partial charge is 0.493 e. The molecular weight excluding hydrogens is 184 g/mol. The Morgan fingerprint density at radius 1 is 1.20 bits per heavy atom. The van der Waals surface area contributed by atoms with E-state index in [4.69, 9.17) is 4.74 Å². The smallest absolute Gasteiger partial charge is 0.122 e. The van der Waals surface area contributed by atoms with Crippen LogP contribution in [0.1, 0.15) is 36.8 Å². The van der Waals surface area contributed by atoms with Gasteiger partial charge in [-0.25, -0.2) is 0 Å². The van der Waals surface area contributed by atoms with Crippen molar-refractivity contribution in [3.63, 3.8) is 0 Å². The average molecular weight is 203 g/mol. The lowest BCUT2D eigenvalue weighted by Gasteiger charge is -2.06. The summed E-state index contributed by atoms with van der Waals surface area (Å²) in [6.45, 7) is 4.73. The monoisotopic (exact) mass is 203 g/mol. The van der Waals surface area contributed by atoms with Gasteiger partial charge in [0.2, 0.25) is 0 Å². The first-order chi connectivity index (χ1) is 7.42. The zero-order chi connectivity index (χ0) is 10.5. The van der Waals surface area contributed by atoms with E-state index in [1.807, 2.05) is 0 Å². The summed E-state index contributed by atoms with van der Waals surface area (Å²) >= 11 is 0. The fourth-order valence-electron chi connectivity index (χ4n) is 2.20. The molecule has 0 spiro atoms. The fourth-order valence-corrected chi connectivity index (χ4v) is 2.20. The summed E-state index contributed by atoms with van der Waals surface area (Å²) < 4.78 is 5.56. The van der Waals surface area contributed by atoms with Crippen LogP contribution in [0.25, 0.3) is 0 Å². The molecule has 0 aliphatic carbocycles. The van der Waals surface area contributed by atoms with Crippen molar-refractivity contribution in [3.8, 4) is 5.75 Å². The summed E-state index contributed by atoms with van der Waals surface area (Å²) in [6.07, 6.45) is 7.20. The van der Waals surface area contributed by atoms with E-state index in [2.05, 4.69) is 25.1 Å². The topological polar surface area (TPSA) is 9.23 Å². The van der Waals surface area contributed by atoms with Gasteiger partial charge in [-0.1, -0.05) is 38.3 Å². The first kappa shape index (κ1) is 10.5. The standard InChI is InChI=1S/C14H19O/c1-2-3-4-5-7-12-8-6-9-14-13(12)10-11-15-14/h6,8-9H,1-5,7,10-11H2. The Kier molecular flexibility index (Phi) is 3.65. The van der Waals surface area contributed by atoms with Crippen LogP contribution in [0.2, 0.25) is 0 Å². The van der Waals surface area contributed by atoms with Gasteiger partial charge in [0.25, 0.3) is 0 Å². The second kappa shape index (κ2) is 5.20. The highest BCUT2D eigenvalue weighted by Crippen LogP contribution is 2.29. The number of unbranched alkanes of at least 4 members (excludes halogenated alkanes) is 3. The van der Waals surface area contributed by atoms with Crippen LogP contribution in [0, 0.1) is 6.92 Å². The maximum Gasteiger partial charge on any atom is 0.122 e. The van der Waals surface area contributed by atoms with Crippen molar-refractivity contribution in [3.05, 3.63) is 36.2 Å². The molecular formula is C14H19O. The molecule has 0 saturated carbocycles. The SMILES string of the molecule is [CH2]CCCCCc1cccc2c1CCO2. The molecule has 15 heavy (non-hydrogen) atoms. The van der Waals surface area contributed by atoms with E-state index < -0.39 is 0 Å². The lowest BCUT2D eigenvalue weighted by Crippen LogP contribution is -1.92. The molecule has 0 aromatic heterocycles. The molecule has 0 bridgehead atoms. The summed E-state index contributed by atoms with van der Waals surface area (Å²) in [5.74, 6) is 1.12. The lowest BCUT2D eigenvalue weighted by atomic mass is 9.99. The quantitative estimate of drug-likeness (QED) is 0.665. The van der Waals surface area contributed by atoms with Gasteiger partial charge in [-0.3, -0.25) is 0 Å². The molecule has 1 heteroatoms. The summed E-state index contributed by atoms with van der Waals surface area (Å²) in [5, 5.41) is 0. The average Bonchev–Trinajstić information content (AvgIpc) is 2.73. The van der Waals surface area contributed by atoms with Crippen molar-refractivity contribution in [2.45, 2.75) is 38.5 Å². The molecule has 0 unspecified atom stereocenters. The maximum absolute atomic E-state index is 5.56. The molecule has 0 fully saturated rings. The van der Waals surface area contributed by atoms with Crippen molar-refractivity contribution in [2.24, 2.45) is 0 Å². The summed E-state index contributed by atoms with van der Waals surface area (Å²) in [4.78, 5) is 0. The summed E-state index contributed by atoms with van der Waals surface area (Å²) in [5.41, 5.74) is 2.95. The molecule has 0 atom stereocenters. The van der Waals surface area contributed by atoms with E-state index in [1.54, 1.807) is 0 Å². The minimum absolute atomic E-state index is 0.866. The Morgan fingerprint density at radius 3 is 3.00 bits per heavy atom. The summed E-state index contributed by atoms with van der Waals surface area (Å²) in [6, 6.07) is 6.44.